The first kappa shape index (κ1) is 20.8. The van der Waals surface area contributed by atoms with E-state index < -0.39 is 0 Å². The fourth-order valence-electron chi connectivity index (χ4n) is 4.52. The van der Waals surface area contributed by atoms with Crippen molar-refractivity contribution in [1.82, 2.24) is 13.7 Å². The van der Waals surface area contributed by atoms with Gasteiger partial charge in [0.25, 0.3) is 5.56 Å². The van der Waals surface area contributed by atoms with Gasteiger partial charge in [-0.25, -0.2) is 9.36 Å². The Kier molecular flexibility index (Phi) is 4.93. The SMILES string of the molecule is COc1ccc2c(c1)c1c(c(=O)n(-c3ccc(C)cc3)c(=O)n1Cc1cccc(C)c1)n2C. The molecule has 166 valence electrons. The van der Waals surface area contributed by atoms with Gasteiger partial charge in [0.2, 0.25) is 0 Å². The summed E-state index contributed by atoms with van der Waals surface area (Å²) in [6.45, 7) is 4.35. The van der Waals surface area contributed by atoms with Crippen molar-refractivity contribution in [3.63, 3.8) is 0 Å². The van der Waals surface area contributed by atoms with Gasteiger partial charge >= 0.3 is 5.69 Å². The van der Waals surface area contributed by atoms with E-state index in [9.17, 15) is 9.59 Å². The molecule has 0 aliphatic rings. The summed E-state index contributed by atoms with van der Waals surface area (Å²) < 4.78 is 10.3. The van der Waals surface area contributed by atoms with Crippen LogP contribution in [0.25, 0.3) is 27.6 Å². The molecule has 0 aliphatic carbocycles. The molecule has 0 saturated heterocycles. The van der Waals surface area contributed by atoms with Crippen LogP contribution in [-0.2, 0) is 13.6 Å². The quantitative estimate of drug-likeness (QED) is 0.419. The Labute approximate surface area is 190 Å². The van der Waals surface area contributed by atoms with Crippen LogP contribution < -0.4 is 16.0 Å². The Hall–Kier alpha value is -4.06. The van der Waals surface area contributed by atoms with Crippen molar-refractivity contribution in [1.29, 1.82) is 0 Å². The summed E-state index contributed by atoms with van der Waals surface area (Å²) in [6.07, 6.45) is 0. The lowest BCUT2D eigenvalue weighted by Crippen LogP contribution is -2.39. The number of benzene rings is 3. The minimum Gasteiger partial charge on any atom is -0.497 e. The van der Waals surface area contributed by atoms with Crippen LogP contribution in [0.1, 0.15) is 16.7 Å². The zero-order valence-electron chi connectivity index (χ0n) is 19.1. The van der Waals surface area contributed by atoms with Gasteiger partial charge in [-0.2, -0.15) is 0 Å². The van der Waals surface area contributed by atoms with Gasteiger partial charge in [0, 0.05) is 12.4 Å². The number of hydrogen-bond donors (Lipinski definition) is 0. The van der Waals surface area contributed by atoms with E-state index in [-0.39, 0.29) is 11.2 Å². The fraction of sp³-hybridized carbons (Fsp3) is 0.185. The van der Waals surface area contributed by atoms with Gasteiger partial charge in [0.05, 0.1) is 30.4 Å². The predicted molar refractivity (Wildman–Crippen MR) is 132 cm³/mol. The number of ether oxygens (including phenoxy) is 1. The lowest BCUT2D eigenvalue weighted by molar-refractivity contribution is 0.415. The van der Waals surface area contributed by atoms with Crippen LogP contribution in [0, 0.1) is 13.8 Å². The standard InChI is InChI=1S/C27H25N3O3/c1-17-8-10-20(11-9-17)30-26(31)25-24(22-15-21(33-4)12-13-23(22)28(25)3)29(27(30)32)16-19-7-5-6-18(2)14-19/h5-15H,16H2,1-4H3. The molecule has 2 aromatic heterocycles. The van der Waals surface area contributed by atoms with E-state index in [0.29, 0.717) is 29.0 Å². The van der Waals surface area contributed by atoms with Crippen LogP contribution >= 0.6 is 0 Å². The molecule has 0 unspecified atom stereocenters. The zero-order chi connectivity index (χ0) is 23.3. The second kappa shape index (κ2) is 7.81. The Balaban J connectivity index is 1.94. The van der Waals surface area contributed by atoms with Gasteiger partial charge in [-0.3, -0.25) is 9.36 Å². The third-order valence-electron chi connectivity index (χ3n) is 6.19. The number of aromatic nitrogens is 3. The molecule has 2 heterocycles. The molecule has 0 spiro atoms. The molecule has 6 nitrogen and oxygen atoms in total. The monoisotopic (exact) mass is 439 g/mol. The molecule has 0 atom stereocenters. The van der Waals surface area contributed by atoms with E-state index in [1.165, 1.54) is 4.57 Å². The highest BCUT2D eigenvalue weighted by Gasteiger charge is 2.21. The van der Waals surface area contributed by atoms with Crippen molar-refractivity contribution >= 4 is 21.9 Å². The predicted octanol–water partition coefficient (Wildman–Crippen LogP) is 4.32. The molecule has 5 aromatic rings. The summed E-state index contributed by atoms with van der Waals surface area (Å²) in [4.78, 5) is 27.6. The van der Waals surface area contributed by atoms with Crippen LogP contribution in [-0.4, -0.2) is 20.8 Å². The number of rotatable bonds is 4. The summed E-state index contributed by atoms with van der Waals surface area (Å²) in [5.41, 5.74) is 4.98. The van der Waals surface area contributed by atoms with Crippen LogP contribution in [0.15, 0.2) is 76.3 Å². The fourth-order valence-corrected chi connectivity index (χ4v) is 4.52. The highest BCUT2D eigenvalue weighted by molar-refractivity contribution is 6.06. The van der Waals surface area contributed by atoms with Crippen molar-refractivity contribution in [3.05, 3.63) is 104 Å². The maximum absolute atomic E-state index is 13.9. The normalized spacial score (nSPS) is 11.4. The molecule has 0 saturated carbocycles. The van der Waals surface area contributed by atoms with Gasteiger partial charge in [-0.1, -0.05) is 47.5 Å². The van der Waals surface area contributed by atoms with E-state index >= 15 is 0 Å². The number of methoxy groups -OCH3 is 1. The van der Waals surface area contributed by atoms with Gasteiger partial charge in [-0.15, -0.1) is 0 Å². The van der Waals surface area contributed by atoms with E-state index in [4.69, 9.17) is 4.74 Å². The molecule has 0 bridgehead atoms. The van der Waals surface area contributed by atoms with Crippen LogP contribution in [0.4, 0.5) is 0 Å². The molecule has 0 amide bonds. The van der Waals surface area contributed by atoms with Crippen molar-refractivity contribution in [2.75, 3.05) is 7.11 Å². The van der Waals surface area contributed by atoms with Crippen molar-refractivity contribution in [3.8, 4) is 11.4 Å². The first-order valence-electron chi connectivity index (χ1n) is 10.8. The maximum Gasteiger partial charge on any atom is 0.336 e. The van der Waals surface area contributed by atoms with Crippen LogP contribution in [0.5, 0.6) is 5.75 Å². The van der Waals surface area contributed by atoms with Crippen LogP contribution in [0.2, 0.25) is 0 Å². The van der Waals surface area contributed by atoms with Gasteiger partial charge in [0.15, 0.2) is 0 Å². The molecule has 0 fully saturated rings. The Bertz CT molecular complexity index is 1640. The second-order valence-corrected chi connectivity index (χ2v) is 8.47. The highest BCUT2D eigenvalue weighted by atomic mass is 16.5. The summed E-state index contributed by atoms with van der Waals surface area (Å²) >= 11 is 0. The van der Waals surface area contributed by atoms with Crippen molar-refractivity contribution < 1.29 is 4.74 Å². The molecule has 5 rings (SSSR count). The molecule has 6 heteroatoms. The van der Waals surface area contributed by atoms with E-state index in [1.807, 2.05) is 86.1 Å². The van der Waals surface area contributed by atoms with Gasteiger partial charge in [0.1, 0.15) is 11.3 Å². The molecule has 0 radical (unpaired) electrons. The smallest absolute Gasteiger partial charge is 0.336 e. The average Bonchev–Trinajstić information content (AvgIpc) is 3.10. The lowest BCUT2D eigenvalue weighted by Gasteiger charge is -2.14. The number of nitrogens with zero attached hydrogens (tertiary/aromatic N) is 3. The molecular formula is C27H25N3O3. The Morgan fingerprint density at radius 3 is 2.30 bits per heavy atom. The Morgan fingerprint density at radius 1 is 0.848 bits per heavy atom. The molecule has 0 N–H and O–H groups in total. The highest BCUT2D eigenvalue weighted by Crippen LogP contribution is 2.29. The number of aryl methyl sites for hydroxylation is 3. The summed E-state index contributed by atoms with van der Waals surface area (Å²) in [6, 6.07) is 21.2. The molecular weight excluding hydrogens is 414 g/mol. The molecule has 3 aromatic carbocycles. The Morgan fingerprint density at radius 2 is 1.61 bits per heavy atom. The summed E-state index contributed by atoms with van der Waals surface area (Å²) in [7, 11) is 3.47. The van der Waals surface area contributed by atoms with Crippen molar-refractivity contribution in [2.45, 2.75) is 20.4 Å². The second-order valence-electron chi connectivity index (χ2n) is 8.47. The third-order valence-corrected chi connectivity index (χ3v) is 6.19. The maximum atomic E-state index is 13.9. The zero-order valence-corrected chi connectivity index (χ0v) is 19.1. The van der Waals surface area contributed by atoms with Crippen molar-refractivity contribution in [2.24, 2.45) is 7.05 Å². The molecule has 0 aliphatic heterocycles. The summed E-state index contributed by atoms with van der Waals surface area (Å²) in [5.74, 6) is 0.673. The number of hydrogen-bond acceptors (Lipinski definition) is 3. The molecule has 33 heavy (non-hydrogen) atoms. The van der Waals surface area contributed by atoms with E-state index in [1.54, 1.807) is 11.7 Å². The van der Waals surface area contributed by atoms with E-state index in [0.717, 1.165) is 27.6 Å². The minimum absolute atomic E-state index is 0.336. The van der Waals surface area contributed by atoms with Crippen LogP contribution in [0.3, 0.4) is 0 Å². The summed E-state index contributed by atoms with van der Waals surface area (Å²) in [5, 5.41) is 0.810. The average molecular weight is 440 g/mol. The minimum atomic E-state index is -0.367. The topological polar surface area (TPSA) is 58.2 Å². The number of fused-ring (bicyclic) bond motifs is 3. The lowest BCUT2D eigenvalue weighted by atomic mass is 10.1. The first-order valence-corrected chi connectivity index (χ1v) is 10.8. The largest absolute Gasteiger partial charge is 0.497 e. The van der Waals surface area contributed by atoms with Gasteiger partial charge in [-0.05, 0) is 49.7 Å². The first-order chi connectivity index (χ1) is 15.9. The third kappa shape index (κ3) is 3.35. The van der Waals surface area contributed by atoms with Gasteiger partial charge < -0.3 is 9.30 Å². The van der Waals surface area contributed by atoms with E-state index in [2.05, 4.69) is 6.07 Å².